The van der Waals surface area contributed by atoms with Crippen molar-refractivity contribution in [3.63, 3.8) is 0 Å². The number of likely N-dealkylation sites (tertiary alicyclic amines) is 2. The highest BCUT2D eigenvalue weighted by molar-refractivity contribution is 5.76. The van der Waals surface area contributed by atoms with E-state index in [1.54, 1.807) is 4.68 Å². The third-order valence-corrected chi connectivity index (χ3v) is 5.20. The Morgan fingerprint density at radius 3 is 2.67 bits per heavy atom. The van der Waals surface area contributed by atoms with Crippen molar-refractivity contribution in [2.24, 2.45) is 11.8 Å². The molecule has 24 heavy (non-hydrogen) atoms. The van der Waals surface area contributed by atoms with Crippen LogP contribution in [0.5, 0.6) is 0 Å². The minimum Gasteiger partial charge on any atom is -0.396 e. The molecule has 0 radical (unpaired) electrons. The number of nitrogens with zero attached hydrogens (tertiary/aromatic N) is 6. The van der Waals surface area contributed by atoms with E-state index < -0.39 is 0 Å². The Kier molecular flexibility index (Phi) is 5.78. The number of hydrogen-bond acceptors (Lipinski definition) is 6. The van der Waals surface area contributed by atoms with E-state index in [-0.39, 0.29) is 18.4 Å². The van der Waals surface area contributed by atoms with E-state index in [2.05, 4.69) is 20.4 Å². The Hall–Kier alpha value is -1.54. The monoisotopic (exact) mass is 336 g/mol. The summed E-state index contributed by atoms with van der Waals surface area (Å²) in [7, 11) is 0. The lowest BCUT2D eigenvalue weighted by Crippen LogP contribution is -2.47. The van der Waals surface area contributed by atoms with Gasteiger partial charge < -0.3 is 14.9 Å². The zero-order chi connectivity index (χ0) is 16.9. The second-order valence-corrected chi connectivity index (χ2v) is 7.16. The van der Waals surface area contributed by atoms with Crippen LogP contribution in [0.2, 0.25) is 0 Å². The number of aliphatic hydroxyl groups is 1. The molecule has 1 amide bonds. The fraction of sp³-hybridized carbons (Fsp3) is 0.875. The summed E-state index contributed by atoms with van der Waals surface area (Å²) in [5.41, 5.74) is 0. The molecule has 1 aromatic heterocycles. The Bertz CT molecular complexity index is 542. The fourth-order valence-electron chi connectivity index (χ4n) is 3.93. The number of carbonyl (C=O) groups excluding carboxylic acids is 1. The van der Waals surface area contributed by atoms with Crippen LogP contribution < -0.4 is 0 Å². The van der Waals surface area contributed by atoms with Gasteiger partial charge in [-0.05, 0) is 61.5 Å². The molecule has 134 valence electrons. The number of aryl methyl sites for hydroxylation is 2. The molecule has 0 aromatic carbocycles. The van der Waals surface area contributed by atoms with Crippen molar-refractivity contribution in [2.75, 3.05) is 39.3 Å². The van der Waals surface area contributed by atoms with Crippen molar-refractivity contribution in [3.8, 4) is 0 Å². The number of tetrazole rings is 1. The molecular formula is C16H28N6O2. The molecule has 2 aliphatic rings. The van der Waals surface area contributed by atoms with Gasteiger partial charge in [-0.3, -0.25) is 4.79 Å². The van der Waals surface area contributed by atoms with Crippen LogP contribution in [0, 0.1) is 18.8 Å². The Morgan fingerprint density at radius 1 is 1.25 bits per heavy atom. The van der Waals surface area contributed by atoms with Crippen LogP contribution in [-0.2, 0) is 11.3 Å². The summed E-state index contributed by atoms with van der Waals surface area (Å²) in [6, 6.07) is 0. The number of aliphatic hydroxyl groups excluding tert-OH is 1. The number of piperidine rings is 1. The Morgan fingerprint density at radius 2 is 2.00 bits per heavy atom. The first kappa shape index (κ1) is 17.3. The predicted molar refractivity (Wildman–Crippen MR) is 88.1 cm³/mol. The molecule has 1 aromatic rings. The molecule has 8 heteroatoms. The molecule has 1 N–H and O–H groups in total. The van der Waals surface area contributed by atoms with E-state index in [9.17, 15) is 9.90 Å². The lowest BCUT2D eigenvalue weighted by molar-refractivity contribution is -0.135. The Balaban J connectivity index is 1.54. The van der Waals surface area contributed by atoms with E-state index in [0.717, 1.165) is 25.3 Å². The average Bonchev–Trinajstić information content (AvgIpc) is 3.24. The SMILES string of the molecule is Cc1nnnn1CCC(=O)N1C[C@H](CO)C[C@H](CN2CCCC2)C1. The molecule has 3 heterocycles. The highest BCUT2D eigenvalue weighted by Gasteiger charge is 2.31. The van der Waals surface area contributed by atoms with Gasteiger partial charge in [0, 0.05) is 32.7 Å². The maximum Gasteiger partial charge on any atom is 0.224 e. The molecule has 2 atom stereocenters. The van der Waals surface area contributed by atoms with E-state index in [4.69, 9.17) is 0 Å². The molecule has 2 aliphatic heterocycles. The maximum absolute atomic E-state index is 12.6. The van der Waals surface area contributed by atoms with E-state index in [1.807, 2.05) is 11.8 Å². The molecular weight excluding hydrogens is 308 g/mol. The van der Waals surface area contributed by atoms with Crippen molar-refractivity contribution in [3.05, 3.63) is 5.82 Å². The minimum absolute atomic E-state index is 0.134. The highest BCUT2D eigenvalue weighted by Crippen LogP contribution is 2.24. The normalized spacial score (nSPS) is 25.3. The zero-order valence-corrected chi connectivity index (χ0v) is 14.5. The summed E-state index contributed by atoms with van der Waals surface area (Å²) in [5.74, 6) is 1.52. The first-order valence-electron chi connectivity index (χ1n) is 8.99. The van der Waals surface area contributed by atoms with Gasteiger partial charge in [0.1, 0.15) is 5.82 Å². The van der Waals surface area contributed by atoms with Gasteiger partial charge in [0.25, 0.3) is 0 Å². The fourth-order valence-corrected chi connectivity index (χ4v) is 3.93. The van der Waals surface area contributed by atoms with Crippen molar-refractivity contribution in [2.45, 2.75) is 39.2 Å². The summed E-state index contributed by atoms with van der Waals surface area (Å²) in [4.78, 5) is 17.0. The van der Waals surface area contributed by atoms with Crippen LogP contribution >= 0.6 is 0 Å². The van der Waals surface area contributed by atoms with Gasteiger partial charge >= 0.3 is 0 Å². The second-order valence-electron chi connectivity index (χ2n) is 7.16. The van der Waals surface area contributed by atoms with Crippen LogP contribution in [0.4, 0.5) is 0 Å². The number of amides is 1. The van der Waals surface area contributed by atoms with Gasteiger partial charge in [-0.25, -0.2) is 4.68 Å². The third-order valence-electron chi connectivity index (χ3n) is 5.20. The van der Waals surface area contributed by atoms with Gasteiger partial charge in [0.2, 0.25) is 5.91 Å². The van der Waals surface area contributed by atoms with Crippen LogP contribution in [0.3, 0.4) is 0 Å². The van der Waals surface area contributed by atoms with Crippen LogP contribution in [0.15, 0.2) is 0 Å². The van der Waals surface area contributed by atoms with E-state index in [0.29, 0.717) is 25.4 Å². The Labute approximate surface area is 142 Å². The summed E-state index contributed by atoms with van der Waals surface area (Å²) in [6.45, 7) is 7.37. The topological polar surface area (TPSA) is 87.4 Å². The lowest BCUT2D eigenvalue weighted by atomic mass is 9.89. The summed E-state index contributed by atoms with van der Waals surface area (Å²) in [5, 5.41) is 20.9. The van der Waals surface area contributed by atoms with Crippen molar-refractivity contribution < 1.29 is 9.90 Å². The lowest BCUT2D eigenvalue weighted by Gasteiger charge is -2.38. The quantitative estimate of drug-likeness (QED) is 0.782. The first-order valence-corrected chi connectivity index (χ1v) is 8.99. The number of carbonyl (C=O) groups is 1. The van der Waals surface area contributed by atoms with Gasteiger partial charge in [-0.15, -0.1) is 5.10 Å². The third kappa shape index (κ3) is 4.30. The highest BCUT2D eigenvalue weighted by atomic mass is 16.3. The van der Waals surface area contributed by atoms with Gasteiger partial charge in [0.15, 0.2) is 0 Å². The molecule has 2 saturated heterocycles. The predicted octanol–water partition coefficient (Wildman–Crippen LogP) is -0.0756. The smallest absolute Gasteiger partial charge is 0.224 e. The van der Waals surface area contributed by atoms with Gasteiger partial charge in [0.05, 0.1) is 6.54 Å². The van der Waals surface area contributed by atoms with Crippen molar-refractivity contribution in [1.82, 2.24) is 30.0 Å². The zero-order valence-electron chi connectivity index (χ0n) is 14.5. The summed E-state index contributed by atoms with van der Waals surface area (Å²) >= 11 is 0. The summed E-state index contributed by atoms with van der Waals surface area (Å²) in [6.07, 6.45) is 3.98. The molecule has 0 saturated carbocycles. The second kappa shape index (κ2) is 8.02. The van der Waals surface area contributed by atoms with Gasteiger partial charge in [-0.2, -0.15) is 0 Å². The summed E-state index contributed by atoms with van der Waals surface area (Å²) < 4.78 is 1.66. The van der Waals surface area contributed by atoms with Gasteiger partial charge in [-0.1, -0.05) is 0 Å². The molecule has 0 bridgehead atoms. The van der Waals surface area contributed by atoms with E-state index in [1.165, 1.54) is 25.9 Å². The maximum atomic E-state index is 12.6. The number of aromatic nitrogens is 4. The first-order chi connectivity index (χ1) is 11.7. The number of hydrogen-bond donors (Lipinski definition) is 1. The van der Waals surface area contributed by atoms with Crippen molar-refractivity contribution >= 4 is 5.91 Å². The molecule has 0 spiro atoms. The average molecular weight is 336 g/mol. The molecule has 2 fully saturated rings. The largest absolute Gasteiger partial charge is 0.396 e. The molecule has 0 unspecified atom stereocenters. The van der Waals surface area contributed by atoms with Crippen LogP contribution in [-0.4, -0.2) is 80.4 Å². The number of rotatable bonds is 6. The standard InChI is InChI=1S/C16H28N6O2/c1-13-17-18-19-22(13)7-4-16(24)21-10-14(8-15(11-21)12-23)9-20-5-2-3-6-20/h14-15,23H,2-12H2,1H3/t14-,15-/m1/s1. The van der Waals surface area contributed by atoms with Crippen LogP contribution in [0.1, 0.15) is 31.5 Å². The molecule has 3 rings (SSSR count). The van der Waals surface area contributed by atoms with Crippen molar-refractivity contribution in [1.29, 1.82) is 0 Å². The minimum atomic E-state index is 0.134. The molecule has 0 aliphatic carbocycles. The van der Waals surface area contributed by atoms with E-state index >= 15 is 0 Å². The molecule has 8 nitrogen and oxygen atoms in total. The van der Waals surface area contributed by atoms with Crippen LogP contribution in [0.25, 0.3) is 0 Å².